The molecule has 0 saturated carbocycles. The third-order valence-corrected chi connectivity index (χ3v) is 2.22. The average molecular weight is 213 g/mol. The topological polar surface area (TPSA) is 60.4 Å². The van der Waals surface area contributed by atoms with Crippen LogP contribution in [0.2, 0.25) is 0 Å². The van der Waals surface area contributed by atoms with Crippen molar-refractivity contribution in [3.05, 3.63) is 53.1 Å². The number of aromatic nitrogens is 3. The summed E-state index contributed by atoms with van der Waals surface area (Å²) in [5, 5.41) is 0. The van der Waals surface area contributed by atoms with E-state index in [1.165, 1.54) is 4.57 Å². The van der Waals surface area contributed by atoms with Gasteiger partial charge in [0.25, 0.3) is 5.78 Å². The summed E-state index contributed by atoms with van der Waals surface area (Å²) in [6.45, 7) is 0. The lowest BCUT2D eigenvalue weighted by molar-refractivity contribution is 0.343. The number of nitrogens with zero attached hydrogens (tertiary/aromatic N) is 3. The standard InChI is InChI=1S/C11H7N3O2/c15-11-13-10-12-9(6-7-14(10)16-11)8-4-2-1-3-5-8/h1-7H. The molecule has 0 N–H and O–H groups in total. The third kappa shape index (κ3) is 1.38. The molecule has 0 radical (unpaired) electrons. The van der Waals surface area contributed by atoms with Gasteiger partial charge < -0.3 is 4.52 Å². The lowest BCUT2D eigenvalue weighted by Crippen LogP contribution is -1.93. The summed E-state index contributed by atoms with van der Waals surface area (Å²) in [6.07, 6.45) is 1.62. The predicted octanol–water partition coefficient (Wildman–Crippen LogP) is 1.35. The van der Waals surface area contributed by atoms with E-state index in [2.05, 4.69) is 9.97 Å². The van der Waals surface area contributed by atoms with Gasteiger partial charge in [-0.1, -0.05) is 30.3 Å². The molecule has 0 aliphatic heterocycles. The highest BCUT2D eigenvalue weighted by molar-refractivity contribution is 5.59. The summed E-state index contributed by atoms with van der Waals surface area (Å²) >= 11 is 0. The van der Waals surface area contributed by atoms with Crippen LogP contribution in [0.4, 0.5) is 0 Å². The van der Waals surface area contributed by atoms with Gasteiger partial charge in [-0.15, -0.1) is 9.56 Å². The predicted molar refractivity (Wildman–Crippen MR) is 57.0 cm³/mol. The van der Waals surface area contributed by atoms with Crippen LogP contribution >= 0.6 is 0 Å². The van der Waals surface area contributed by atoms with E-state index in [9.17, 15) is 4.79 Å². The number of hydrogen-bond acceptors (Lipinski definition) is 4. The summed E-state index contributed by atoms with van der Waals surface area (Å²) in [7, 11) is 0. The first-order valence-electron chi connectivity index (χ1n) is 4.75. The Hall–Kier alpha value is -2.43. The van der Waals surface area contributed by atoms with Crippen molar-refractivity contribution in [3.8, 4) is 11.3 Å². The van der Waals surface area contributed by atoms with Crippen molar-refractivity contribution in [1.29, 1.82) is 0 Å². The highest BCUT2D eigenvalue weighted by atomic mass is 16.5. The fourth-order valence-electron chi connectivity index (χ4n) is 1.50. The number of rotatable bonds is 1. The summed E-state index contributed by atoms with van der Waals surface area (Å²) in [5.74, 6) is -0.371. The molecule has 0 aliphatic carbocycles. The zero-order valence-electron chi connectivity index (χ0n) is 8.20. The average Bonchev–Trinajstić information content (AvgIpc) is 2.69. The Kier molecular flexibility index (Phi) is 1.83. The van der Waals surface area contributed by atoms with E-state index in [0.29, 0.717) is 0 Å². The SMILES string of the molecule is O=c1nc2nc(-c3ccccc3)ccn2o1. The summed E-state index contributed by atoms with van der Waals surface area (Å²) in [4.78, 5) is 18.8. The molecule has 0 bridgehead atoms. The molecule has 3 rings (SSSR count). The summed E-state index contributed by atoms with van der Waals surface area (Å²) in [5.41, 5.74) is 1.73. The second-order valence-corrected chi connectivity index (χ2v) is 3.27. The minimum absolute atomic E-state index is 0.270. The molecule has 5 nitrogen and oxygen atoms in total. The van der Waals surface area contributed by atoms with Crippen molar-refractivity contribution in [3.63, 3.8) is 0 Å². The molecular weight excluding hydrogens is 206 g/mol. The number of hydrogen-bond donors (Lipinski definition) is 0. The number of fused-ring (bicyclic) bond motifs is 1. The van der Waals surface area contributed by atoms with Crippen molar-refractivity contribution in [2.24, 2.45) is 0 Å². The van der Waals surface area contributed by atoms with Crippen LogP contribution in [0.15, 0.2) is 51.9 Å². The Morgan fingerprint density at radius 3 is 2.69 bits per heavy atom. The van der Waals surface area contributed by atoms with E-state index in [0.717, 1.165) is 11.3 Å². The first-order chi connectivity index (χ1) is 7.83. The maximum Gasteiger partial charge on any atom is 0.461 e. The van der Waals surface area contributed by atoms with Crippen LogP contribution in [0.5, 0.6) is 0 Å². The Morgan fingerprint density at radius 1 is 1.06 bits per heavy atom. The van der Waals surface area contributed by atoms with Gasteiger partial charge in [0, 0.05) is 5.56 Å². The van der Waals surface area contributed by atoms with Gasteiger partial charge in [0.05, 0.1) is 11.9 Å². The summed E-state index contributed by atoms with van der Waals surface area (Å²) < 4.78 is 5.99. The van der Waals surface area contributed by atoms with Crippen molar-refractivity contribution in [2.75, 3.05) is 0 Å². The fraction of sp³-hybridized carbons (Fsp3) is 0. The van der Waals surface area contributed by atoms with E-state index in [4.69, 9.17) is 4.52 Å². The van der Waals surface area contributed by atoms with Crippen LogP contribution in [0, 0.1) is 0 Å². The van der Waals surface area contributed by atoms with E-state index in [-0.39, 0.29) is 5.78 Å². The second-order valence-electron chi connectivity index (χ2n) is 3.27. The van der Waals surface area contributed by atoms with E-state index < -0.39 is 5.76 Å². The molecule has 0 unspecified atom stereocenters. The molecule has 3 aromatic rings. The van der Waals surface area contributed by atoms with Gasteiger partial charge in [-0.25, -0.2) is 9.78 Å². The first-order valence-corrected chi connectivity index (χ1v) is 4.75. The highest BCUT2D eigenvalue weighted by Crippen LogP contribution is 2.15. The van der Waals surface area contributed by atoms with Crippen molar-refractivity contribution < 1.29 is 4.52 Å². The van der Waals surface area contributed by atoms with Crippen LogP contribution in [0.1, 0.15) is 0 Å². The van der Waals surface area contributed by atoms with Gasteiger partial charge in [-0.2, -0.15) is 0 Å². The van der Waals surface area contributed by atoms with Gasteiger partial charge in [-0.05, 0) is 6.07 Å². The van der Waals surface area contributed by atoms with Gasteiger partial charge in [0.15, 0.2) is 0 Å². The van der Waals surface area contributed by atoms with Crippen LogP contribution in [0.25, 0.3) is 17.0 Å². The van der Waals surface area contributed by atoms with Crippen LogP contribution in [-0.2, 0) is 0 Å². The molecule has 5 heteroatoms. The zero-order valence-corrected chi connectivity index (χ0v) is 8.20. The molecule has 78 valence electrons. The molecule has 0 atom stereocenters. The molecular formula is C11H7N3O2. The van der Waals surface area contributed by atoms with Crippen LogP contribution < -0.4 is 5.76 Å². The molecule has 0 amide bonds. The molecule has 2 heterocycles. The smallest absolute Gasteiger partial charge is 0.312 e. The Bertz CT molecular complexity index is 685. The minimum Gasteiger partial charge on any atom is -0.312 e. The minimum atomic E-state index is -0.641. The molecule has 0 saturated heterocycles. The lowest BCUT2D eigenvalue weighted by Gasteiger charge is -1.98. The quantitative estimate of drug-likeness (QED) is 0.612. The van der Waals surface area contributed by atoms with Crippen molar-refractivity contribution in [2.45, 2.75) is 0 Å². The van der Waals surface area contributed by atoms with Crippen LogP contribution in [0.3, 0.4) is 0 Å². The van der Waals surface area contributed by atoms with Gasteiger partial charge in [0.2, 0.25) is 0 Å². The van der Waals surface area contributed by atoms with E-state index in [1.54, 1.807) is 12.3 Å². The van der Waals surface area contributed by atoms with Gasteiger partial charge in [-0.3, -0.25) is 0 Å². The number of benzene rings is 1. The van der Waals surface area contributed by atoms with Gasteiger partial charge in [0.1, 0.15) is 0 Å². The lowest BCUT2D eigenvalue weighted by atomic mass is 10.1. The Labute approximate surface area is 90.0 Å². The van der Waals surface area contributed by atoms with Crippen molar-refractivity contribution >= 4 is 5.78 Å². The van der Waals surface area contributed by atoms with Crippen molar-refractivity contribution in [1.82, 2.24) is 14.5 Å². The second kappa shape index (κ2) is 3.30. The molecule has 0 spiro atoms. The third-order valence-electron chi connectivity index (χ3n) is 2.22. The largest absolute Gasteiger partial charge is 0.461 e. The molecule has 0 aliphatic rings. The molecule has 2 aromatic heterocycles. The zero-order chi connectivity index (χ0) is 11.0. The maximum absolute atomic E-state index is 10.9. The van der Waals surface area contributed by atoms with Crippen LogP contribution in [-0.4, -0.2) is 14.5 Å². The monoisotopic (exact) mass is 213 g/mol. The maximum atomic E-state index is 10.9. The summed E-state index contributed by atoms with van der Waals surface area (Å²) in [6, 6.07) is 11.4. The van der Waals surface area contributed by atoms with E-state index in [1.807, 2.05) is 30.3 Å². The molecule has 0 fully saturated rings. The highest BCUT2D eigenvalue weighted by Gasteiger charge is 2.04. The normalized spacial score (nSPS) is 10.8. The Balaban J connectivity index is 2.22. The van der Waals surface area contributed by atoms with Gasteiger partial charge >= 0.3 is 5.76 Å². The fourth-order valence-corrected chi connectivity index (χ4v) is 1.50. The Morgan fingerprint density at radius 2 is 1.88 bits per heavy atom. The molecule has 16 heavy (non-hydrogen) atoms. The molecule has 1 aromatic carbocycles. The first kappa shape index (κ1) is 8.84. The van der Waals surface area contributed by atoms with E-state index >= 15 is 0 Å².